The molecule has 0 spiro atoms. The van der Waals surface area contributed by atoms with E-state index in [1.165, 1.54) is 0 Å². The lowest BCUT2D eigenvalue weighted by molar-refractivity contribution is 1.12. The minimum absolute atomic E-state index is 0.994. The Balaban J connectivity index is 4.04. The molecular weight excluding hydrogens is 96.1 g/mol. The van der Waals surface area contributed by atoms with Crippen molar-refractivity contribution >= 4 is 0 Å². The second kappa shape index (κ2) is 3.29. The van der Waals surface area contributed by atoms with E-state index in [1.54, 1.807) is 0 Å². The molecule has 0 heteroatoms. The second-order valence-electron chi connectivity index (χ2n) is 1.76. The van der Waals surface area contributed by atoms with E-state index in [1.807, 2.05) is 6.92 Å². The normalized spacial score (nSPS) is 7.75. The van der Waals surface area contributed by atoms with Crippen LogP contribution in [0.3, 0.4) is 0 Å². The lowest BCUT2D eigenvalue weighted by atomic mass is 10.1. The molecule has 0 saturated carbocycles. The van der Waals surface area contributed by atoms with E-state index in [9.17, 15) is 0 Å². The molecular formula is C8H12. The molecule has 0 aliphatic rings. The third-order valence-corrected chi connectivity index (χ3v) is 1.22. The maximum Gasteiger partial charge on any atom is -0.00716 e. The summed E-state index contributed by atoms with van der Waals surface area (Å²) in [6.07, 6.45) is 0.994. The molecule has 0 unspecified atom stereocenters. The molecule has 0 nitrogen and oxygen atoms in total. The van der Waals surface area contributed by atoms with Crippen LogP contribution in [0.1, 0.15) is 20.3 Å². The topological polar surface area (TPSA) is 0 Å². The van der Waals surface area contributed by atoms with Gasteiger partial charge in [0.2, 0.25) is 0 Å². The van der Waals surface area contributed by atoms with Crippen molar-refractivity contribution in [2.24, 2.45) is 0 Å². The number of hydrogen-bond donors (Lipinski definition) is 0. The van der Waals surface area contributed by atoms with Gasteiger partial charge in [-0.3, -0.25) is 0 Å². The van der Waals surface area contributed by atoms with Gasteiger partial charge in [-0.05, 0) is 24.5 Å². The van der Waals surface area contributed by atoms with E-state index < -0.39 is 0 Å². The Labute approximate surface area is 51.2 Å². The van der Waals surface area contributed by atoms with Crippen LogP contribution >= 0.6 is 0 Å². The second-order valence-corrected chi connectivity index (χ2v) is 1.76. The Morgan fingerprint density at radius 1 is 1.62 bits per heavy atom. The van der Waals surface area contributed by atoms with Gasteiger partial charge in [-0.2, -0.15) is 0 Å². The molecule has 44 valence electrons. The van der Waals surface area contributed by atoms with Gasteiger partial charge in [0.1, 0.15) is 0 Å². The zero-order valence-corrected chi connectivity index (χ0v) is 5.62. The van der Waals surface area contributed by atoms with E-state index in [4.69, 9.17) is 0 Å². The summed E-state index contributed by atoms with van der Waals surface area (Å²) in [5.41, 5.74) is 4.98. The average Bonchev–Trinajstić information content (AvgIpc) is 1.84. The SMILES string of the molecule is C=C=C(C)C(=C)CC. The summed E-state index contributed by atoms with van der Waals surface area (Å²) in [5, 5.41) is 0. The summed E-state index contributed by atoms with van der Waals surface area (Å²) >= 11 is 0. The molecule has 0 rings (SSSR count). The molecule has 0 aromatic rings. The monoisotopic (exact) mass is 108 g/mol. The summed E-state index contributed by atoms with van der Waals surface area (Å²) in [6.45, 7) is 11.4. The minimum Gasteiger partial charge on any atom is -0.125 e. The Kier molecular flexibility index (Phi) is 2.98. The Morgan fingerprint density at radius 3 is 2.25 bits per heavy atom. The lowest BCUT2D eigenvalue weighted by Crippen LogP contribution is -1.76. The van der Waals surface area contributed by atoms with Crippen molar-refractivity contribution in [2.45, 2.75) is 20.3 Å². The predicted molar refractivity (Wildman–Crippen MR) is 37.8 cm³/mol. The van der Waals surface area contributed by atoms with Crippen LogP contribution in [0.25, 0.3) is 0 Å². The molecule has 0 N–H and O–H groups in total. The molecule has 0 amide bonds. The van der Waals surface area contributed by atoms with Crippen LogP contribution in [0.5, 0.6) is 0 Å². The van der Waals surface area contributed by atoms with Crippen LogP contribution in [-0.2, 0) is 0 Å². The van der Waals surface area contributed by atoms with E-state index >= 15 is 0 Å². The summed E-state index contributed by atoms with van der Waals surface area (Å²) in [7, 11) is 0. The van der Waals surface area contributed by atoms with Gasteiger partial charge in [-0.25, -0.2) is 0 Å². The fourth-order valence-electron chi connectivity index (χ4n) is 0.390. The van der Waals surface area contributed by atoms with E-state index in [0.717, 1.165) is 17.6 Å². The summed E-state index contributed by atoms with van der Waals surface area (Å²) in [5.74, 6) is 0. The van der Waals surface area contributed by atoms with E-state index in [-0.39, 0.29) is 0 Å². The Hall–Kier alpha value is -0.740. The molecule has 0 atom stereocenters. The summed E-state index contributed by atoms with van der Waals surface area (Å²) in [4.78, 5) is 0. The van der Waals surface area contributed by atoms with Gasteiger partial charge in [-0.1, -0.05) is 20.1 Å². The fraction of sp³-hybridized carbons (Fsp3) is 0.375. The molecule has 0 saturated heterocycles. The maximum absolute atomic E-state index is 3.80. The van der Waals surface area contributed by atoms with Gasteiger partial charge < -0.3 is 0 Å². The highest BCUT2D eigenvalue weighted by atomic mass is 13.9. The molecule has 0 aromatic carbocycles. The molecule has 0 aliphatic carbocycles. The van der Waals surface area contributed by atoms with Crippen LogP contribution < -0.4 is 0 Å². The first kappa shape index (κ1) is 7.26. The van der Waals surface area contributed by atoms with Crippen molar-refractivity contribution in [1.29, 1.82) is 0 Å². The standard InChI is InChI=1S/C8H12/c1-5-7(3)8(4)6-2/h1,4,6H2,2-3H3. The van der Waals surface area contributed by atoms with Crippen LogP contribution in [0, 0.1) is 0 Å². The third-order valence-electron chi connectivity index (χ3n) is 1.22. The van der Waals surface area contributed by atoms with Crippen LogP contribution in [0.4, 0.5) is 0 Å². The number of rotatable bonds is 2. The molecule has 0 heterocycles. The van der Waals surface area contributed by atoms with E-state index in [0.29, 0.717) is 0 Å². The lowest BCUT2D eigenvalue weighted by Gasteiger charge is -1.95. The minimum atomic E-state index is 0.994. The Morgan fingerprint density at radius 2 is 2.12 bits per heavy atom. The fourth-order valence-corrected chi connectivity index (χ4v) is 0.390. The van der Waals surface area contributed by atoms with E-state index in [2.05, 4.69) is 25.8 Å². The first-order valence-corrected chi connectivity index (χ1v) is 2.77. The zero-order chi connectivity index (χ0) is 6.57. The van der Waals surface area contributed by atoms with Crippen molar-refractivity contribution in [1.82, 2.24) is 0 Å². The Bertz CT molecular complexity index is 134. The number of hydrogen-bond acceptors (Lipinski definition) is 0. The molecule has 0 radical (unpaired) electrons. The highest BCUT2D eigenvalue weighted by Crippen LogP contribution is 2.06. The first-order chi connectivity index (χ1) is 3.72. The van der Waals surface area contributed by atoms with Crippen molar-refractivity contribution in [2.75, 3.05) is 0 Å². The quantitative estimate of drug-likeness (QED) is 0.377. The van der Waals surface area contributed by atoms with Gasteiger partial charge in [0.25, 0.3) is 0 Å². The molecule has 0 bridgehead atoms. The highest BCUT2D eigenvalue weighted by Gasteiger charge is 1.87. The van der Waals surface area contributed by atoms with Crippen LogP contribution in [0.15, 0.2) is 30.0 Å². The largest absolute Gasteiger partial charge is 0.125 e. The van der Waals surface area contributed by atoms with Crippen LogP contribution in [0.2, 0.25) is 0 Å². The first-order valence-electron chi connectivity index (χ1n) is 2.77. The highest BCUT2D eigenvalue weighted by molar-refractivity contribution is 5.23. The third kappa shape index (κ3) is 1.81. The van der Waals surface area contributed by atoms with Crippen molar-refractivity contribution < 1.29 is 0 Å². The van der Waals surface area contributed by atoms with Crippen molar-refractivity contribution in [3.05, 3.63) is 30.0 Å². The average molecular weight is 108 g/mol. The van der Waals surface area contributed by atoms with Gasteiger partial charge in [0, 0.05) is 0 Å². The molecule has 0 aliphatic heterocycles. The zero-order valence-electron chi connectivity index (χ0n) is 5.62. The molecule has 8 heavy (non-hydrogen) atoms. The van der Waals surface area contributed by atoms with Crippen LogP contribution in [-0.4, -0.2) is 0 Å². The summed E-state index contributed by atoms with van der Waals surface area (Å²) in [6, 6.07) is 0. The van der Waals surface area contributed by atoms with Gasteiger partial charge in [0.15, 0.2) is 0 Å². The number of allylic oxidation sites excluding steroid dienone is 2. The van der Waals surface area contributed by atoms with Crippen molar-refractivity contribution in [3.63, 3.8) is 0 Å². The molecule has 0 aromatic heterocycles. The predicted octanol–water partition coefficient (Wildman–Crippen LogP) is 2.68. The summed E-state index contributed by atoms with van der Waals surface area (Å²) < 4.78 is 0. The van der Waals surface area contributed by atoms with Gasteiger partial charge in [-0.15, -0.1) is 5.73 Å². The van der Waals surface area contributed by atoms with Gasteiger partial charge >= 0.3 is 0 Å². The maximum atomic E-state index is 3.80. The van der Waals surface area contributed by atoms with Crippen molar-refractivity contribution in [3.8, 4) is 0 Å². The smallest absolute Gasteiger partial charge is 0.00716 e. The molecule has 0 fully saturated rings. The van der Waals surface area contributed by atoms with Gasteiger partial charge in [0.05, 0.1) is 0 Å².